The molecule has 4 heteroatoms. The van der Waals surface area contributed by atoms with Crippen molar-refractivity contribution in [2.45, 2.75) is 6.42 Å². The lowest BCUT2D eigenvalue weighted by Gasteiger charge is -1.98. The summed E-state index contributed by atoms with van der Waals surface area (Å²) in [4.78, 5) is 0. The molecule has 3 nitrogen and oxygen atoms in total. The maximum Gasteiger partial charge on any atom is 0.231 e. The molecule has 1 aromatic heterocycles. The first-order chi connectivity index (χ1) is 7.38. The predicted molar refractivity (Wildman–Crippen MR) is 60.7 cm³/mol. The molecule has 1 aliphatic rings. The van der Waals surface area contributed by atoms with Gasteiger partial charge in [-0.2, -0.15) is 0 Å². The van der Waals surface area contributed by atoms with E-state index in [2.05, 4.69) is 11.4 Å². The second kappa shape index (κ2) is 3.40. The summed E-state index contributed by atoms with van der Waals surface area (Å²) in [6.07, 6.45) is 0.916. The molecule has 0 spiro atoms. The fourth-order valence-electron chi connectivity index (χ4n) is 1.82. The fourth-order valence-corrected chi connectivity index (χ4v) is 2.83. The van der Waals surface area contributed by atoms with Gasteiger partial charge in [-0.25, -0.2) is 0 Å². The molecule has 1 aromatic carbocycles. The van der Waals surface area contributed by atoms with Gasteiger partial charge in [0.2, 0.25) is 6.79 Å². The van der Waals surface area contributed by atoms with E-state index in [4.69, 9.17) is 15.2 Å². The van der Waals surface area contributed by atoms with Crippen molar-refractivity contribution < 1.29 is 9.47 Å². The zero-order valence-corrected chi connectivity index (χ0v) is 8.97. The van der Waals surface area contributed by atoms with Crippen molar-refractivity contribution in [3.63, 3.8) is 0 Å². The van der Waals surface area contributed by atoms with Crippen LogP contribution in [0.25, 0.3) is 10.1 Å². The summed E-state index contributed by atoms with van der Waals surface area (Å²) in [6.45, 7) is 1.01. The Balaban J connectivity index is 2.18. The molecule has 0 unspecified atom stereocenters. The van der Waals surface area contributed by atoms with Crippen LogP contribution in [0, 0.1) is 0 Å². The number of hydrogen-bond acceptors (Lipinski definition) is 4. The molecule has 0 aliphatic carbocycles. The average Bonchev–Trinajstić information content (AvgIpc) is 2.82. The largest absolute Gasteiger partial charge is 0.454 e. The molecule has 0 radical (unpaired) electrons. The maximum atomic E-state index is 5.57. The van der Waals surface area contributed by atoms with Crippen LogP contribution in [-0.4, -0.2) is 13.3 Å². The van der Waals surface area contributed by atoms with Crippen LogP contribution in [0.5, 0.6) is 11.5 Å². The monoisotopic (exact) mass is 221 g/mol. The lowest BCUT2D eigenvalue weighted by atomic mass is 10.1. The molecule has 0 fully saturated rings. The zero-order valence-electron chi connectivity index (χ0n) is 8.16. The standard InChI is InChI=1S/C11H11NO2S/c12-2-1-7-5-15-11-4-10-9(3-8(7)11)13-6-14-10/h3-5H,1-2,6,12H2. The summed E-state index contributed by atoms with van der Waals surface area (Å²) in [5.41, 5.74) is 6.87. The van der Waals surface area contributed by atoms with Gasteiger partial charge in [0, 0.05) is 10.8 Å². The molecule has 2 aromatic rings. The third-order valence-corrected chi connectivity index (χ3v) is 3.56. The van der Waals surface area contributed by atoms with Gasteiger partial charge < -0.3 is 15.2 Å². The van der Waals surface area contributed by atoms with E-state index in [1.165, 1.54) is 15.6 Å². The Bertz CT molecular complexity index is 507. The third-order valence-electron chi connectivity index (χ3n) is 2.56. The van der Waals surface area contributed by atoms with Crippen LogP contribution < -0.4 is 15.2 Å². The van der Waals surface area contributed by atoms with Gasteiger partial charge in [0.25, 0.3) is 0 Å². The van der Waals surface area contributed by atoms with E-state index in [0.717, 1.165) is 17.9 Å². The first-order valence-corrected chi connectivity index (χ1v) is 5.76. The van der Waals surface area contributed by atoms with E-state index < -0.39 is 0 Å². The van der Waals surface area contributed by atoms with Crippen LogP contribution in [0.3, 0.4) is 0 Å². The minimum absolute atomic E-state index is 0.332. The number of rotatable bonds is 2. The second-order valence-electron chi connectivity index (χ2n) is 3.50. The van der Waals surface area contributed by atoms with E-state index in [9.17, 15) is 0 Å². The molecule has 0 atom stereocenters. The van der Waals surface area contributed by atoms with Gasteiger partial charge in [0.15, 0.2) is 11.5 Å². The zero-order chi connectivity index (χ0) is 10.3. The molecule has 0 saturated carbocycles. The molecular weight excluding hydrogens is 210 g/mol. The number of thiophene rings is 1. The van der Waals surface area contributed by atoms with Crippen molar-refractivity contribution in [3.05, 3.63) is 23.1 Å². The van der Waals surface area contributed by atoms with Gasteiger partial charge in [-0.05, 0) is 35.4 Å². The van der Waals surface area contributed by atoms with E-state index in [1.54, 1.807) is 11.3 Å². The summed E-state index contributed by atoms with van der Waals surface area (Å²) in [5, 5.41) is 3.40. The summed E-state index contributed by atoms with van der Waals surface area (Å²) < 4.78 is 11.9. The normalized spacial score (nSPS) is 13.7. The quantitative estimate of drug-likeness (QED) is 0.845. The van der Waals surface area contributed by atoms with Crippen LogP contribution in [0.1, 0.15) is 5.56 Å². The van der Waals surface area contributed by atoms with Crippen molar-refractivity contribution in [2.24, 2.45) is 5.73 Å². The van der Waals surface area contributed by atoms with Gasteiger partial charge >= 0.3 is 0 Å². The Morgan fingerprint density at radius 2 is 2.07 bits per heavy atom. The molecule has 3 rings (SSSR count). The first kappa shape index (κ1) is 9.00. The van der Waals surface area contributed by atoms with Crippen molar-refractivity contribution in [2.75, 3.05) is 13.3 Å². The molecule has 0 amide bonds. The number of hydrogen-bond donors (Lipinski definition) is 1. The SMILES string of the molecule is NCCc1csc2cc3c(cc12)OCO3. The van der Waals surface area contributed by atoms with Gasteiger partial charge in [-0.15, -0.1) is 11.3 Å². The van der Waals surface area contributed by atoms with Crippen LogP contribution in [0.2, 0.25) is 0 Å². The van der Waals surface area contributed by atoms with Crippen molar-refractivity contribution in [1.29, 1.82) is 0 Å². The van der Waals surface area contributed by atoms with Gasteiger partial charge in [0.1, 0.15) is 0 Å². The van der Waals surface area contributed by atoms with Crippen LogP contribution in [-0.2, 0) is 6.42 Å². The van der Waals surface area contributed by atoms with E-state index in [1.807, 2.05) is 6.07 Å². The van der Waals surface area contributed by atoms with E-state index in [-0.39, 0.29) is 0 Å². The molecular formula is C11H11NO2S. The van der Waals surface area contributed by atoms with E-state index >= 15 is 0 Å². The number of nitrogens with two attached hydrogens (primary N) is 1. The topological polar surface area (TPSA) is 44.5 Å². The maximum absolute atomic E-state index is 5.57. The minimum atomic E-state index is 0.332. The Labute approximate surface area is 91.4 Å². The van der Waals surface area contributed by atoms with Crippen molar-refractivity contribution in [3.8, 4) is 11.5 Å². The molecule has 78 valence electrons. The van der Waals surface area contributed by atoms with E-state index in [0.29, 0.717) is 13.3 Å². The van der Waals surface area contributed by atoms with Crippen LogP contribution >= 0.6 is 11.3 Å². The average molecular weight is 221 g/mol. The van der Waals surface area contributed by atoms with Crippen molar-refractivity contribution in [1.82, 2.24) is 0 Å². The highest BCUT2D eigenvalue weighted by molar-refractivity contribution is 7.17. The van der Waals surface area contributed by atoms with Crippen LogP contribution in [0.15, 0.2) is 17.5 Å². The smallest absolute Gasteiger partial charge is 0.231 e. The third kappa shape index (κ3) is 1.37. The summed E-state index contributed by atoms with van der Waals surface area (Å²) in [6, 6.07) is 4.10. The molecule has 1 aliphatic heterocycles. The highest BCUT2D eigenvalue weighted by atomic mass is 32.1. The highest BCUT2D eigenvalue weighted by Gasteiger charge is 2.16. The Kier molecular flexibility index (Phi) is 2.04. The summed E-state index contributed by atoms with van der Waals surface area (Å²) >= 11 is 1.73. The molecule has 2 N–H and O–H groups in total. The Morgan fingerprint density at radius 3 is 2.87 bits per heavy atom. The first-order valence-electron chi connectivity index (χ1n) is 4.88. The number of fused-ring (bicyclic) bond motifs is 2. The Morgan fingerprint density at radius 1 is 1.27 bits per heavy atom. The molecule has 2 heterocycles. The number of ether oxygens (including phenoxy) is 2. The second-order valence-corrected chi connectivity index (χ2v) is 4.41. The molecule has 0 bridgehead atoms. The summed E-state index contributed by atoms with van der Waals surface area (Å²) in [7, 11) is 0. The molecule has 0 saturated heterocycles. The highest BCUT2D eigenvalue weighted by Crippen LogP contribution is 2.39. The lowest BCUT2D eigenvalue weighted by Crippen LogP contribution is -2.01. The van der Waals surface area contributed by atoms with Crippen molar-refractivity contribution >= 4 is 21.4 Å². The van der Waals surface area contributed by atoms with Crippen LogP contribution in [0.4, 0.5) is 0 Å². The summed E-state index contributed by atoms with van der Waals surface area (Å²) in [5.74, 6) is 1.70. The Hall–Kier alpha value is -1.26. The van der Waals surface area contributed by atoms with Gasteiger partial charge in [-0.1, -0.05) is 0 Å². The lowest BCUT2D eigenvalue weighted by molar-refractivity contribution is 0.174. The van der Waals surface area contributed by atoms with Gasteiger partial charge in [0.05, 0.1) is 0 Å². The predicted octanol–water partition coefficient (Wildman–Crippen LogP) is 2.13. The number of benzene rings is 1. The van der Waals surface area contributed by atoms with Gasteiger partial charge in [-0.3, -0.25) is 0 Å². The molecule has 15 heavy (non-hydrogen) atoms. The fraction of sp³-hybridized carbons (Fsp3) is 0.273. The minimum Gasteiger partial charge on any atom is -0.454 e.